The summed E-state index contributed by atoms with van der Waals surface area (Å²) in [5, 5.41) is 0. The van der Waals surface area contributed by atoms with Crippen LogP contribution in [0.5, 0.6) is 0 Å². The second-order valence-electron chi connectivity index (χ2n) is 8.00. The Bertz CT molecular complexity index is 798. The van der Waals surface area contributed by atoms with Gasteiger partial charge < -0.3 is 4.90 Å². The number of hydrogen-bond donors (Lipinski definition) is 0. The summed E-state index contributed by atoms with van der Waals surface area (Å²) in [6.07, 6.45) is 3.16. The van der Waals surface area contributed by atoms with E-state index in [0.717, 1.165) is 19.4 Å². The zero-order valence-corrected chi connectivity index (χ0v) is 15.3. The average molecular weight is 347 g/mol. The summed E-state index contributed by atoms with van der Waals surface area (Å²) in [6, 6.07) is 4.44. The third-order valence-electron chi connectivity index (χ3n) is 6.33. The molecular weight excluding hydrogens is 322 g/mol. The maximum absolute atomic E-state index is 13.0. The first kappa shape index (κ1) is 16.1. The fraction of sp³-hybridized carbons (Fsp3) is 0.632. The van der Waals surface area contributed by atoms with Gasteiger partial charge in [-0.15, -0.1) is 0 Å². The molecule has 2 heterocycles. The Morgan fingerprint density at radius 2 is 1.92 bits per heavy atom. The molecular formula is C19H25NO3S. The summed E-state index contributed by atoms with van der Waals surface area (Å²) in [7, 11) is -2.86. The SMILES string of the molecule is Cc1cc(C)c2c(c1)CCN(C(=O)[C@H]1CC13CCS(=O)(=O)CC3)C2. The maximum atomic E-state index is 13.0. The predicted molar refractivity (Wildman–Crippen MR) is 93.5 cm³/mol. The topological polar surface area (TPSA) is 54.5 Å². The van der Waals surface area contributed by atoms with E-state index in [9.17, 15) is 13.2 Å². The Kier molecular flexibility index (Phi) is 3.57. The van der Waals surface area contributed by atoms with E-state index in [0.29, 0.717) is 19.4 Å². The van der Waals surface area contributed by atoms with Crippen LogP contribution in [-0.2, 0) is 27.6 Å². The van der Waals surface area contributed by atoms with Crippen molar-refractivity contribution in [3.8, 4) is 0 Å². The molecule has 1 aromatic carbocycles. The molecule has 2 aliphatic heterocycles. The lowest BCUT2D eigenvalue weighted by Crippen LogP contribution is -2.39. The molecule has 1 aromatic rings. The number of fused-ring (bicyclic) bond motifs is 1. The average Bonchev–Trinajstić information content (AvgIpc) is 3.24. The van der Waals surface area contributed by atoms with Crippen LogP contribution < -0.4 is 0 Å². The third-order valence-corrected chi connectivity index (χ3v) is 7.98. The minimum Gasteiger partial charge on any atom is -0.338 e. The van der Waals surface area contributed by atoms with Gasteiger partial charge in [0, 0.05) is 19.0 Å². The Hall–Kier alpha value is -1.36. The molecule has 1 amide bonds. The maximum Gasteiger partial charge on any atom is 0.226 e. The van der Waals surface area contributed by atoms with Crippen LogP contribution in [0.3, 0.4) is 0 Å². The van der Waals surface area contributed by atoms with Gasteiger partial charge in [0.05, 0.1) is 11.5 Å². The van der Waals surface area contributed by atoms with Gasteiger partial charge in [-0.25, -0.2) is 8.42 Å². The molecule has 1 spiro atoms. The summed E-state index contributed by atoms with van der Waals surface area (Å²) in [4.78, 5) is 15.0. The van der Waals surface area contributed by atoms with Gasteiger partial charge in [0.15, 0.2) is 0 Å². The molecule has 0 N–H and O–H groups in total. The zero-order chi connectivity index (χ0) is 17.1. The minimum absolute atomic E-state index is 0.00893. The number of sulfone groups is 1. The van der Waals surface area contributed by atoms with Gasteiger partial charge in [0.25, 0.3) is 0 Å². The van der Waals surface area contributed by atoms with Crippen molar-refractivity contribution in [2.24, 2.45) is 11.3 Å². The van der Waals surface area contributed by atoms with E-state index in [1.807, 2.05) is 4.90 Å². The van der Waals surface area contributed by atoms with Crippen molar-refractivity contribution in [1.82, 2.24) is 4.90 Å². The number of aryl methyl sites for hydroxylation is 2. The highest BCUT2D eigenvalue weighted by Crippen LogP contribution is 2.60. The Morgan fingerprint density at radius 3 is 2.62 bits per heavy atom. The smallest absolute Gasteiger partial charge is 0.226 e. The van der Waals surface area contributed by atoms with Crippen molar-refractivity contribution in [2.45, 2.75) is 46.1 Å². The van der Waals surface area contributed by atoms with Gasteiger partial charge in [-0.05, 0) is 61.6 Å². The van der Waals surface area contributed by atoms with Gasteiger partial charge in [0.2, 0.25) is 5.91 Å². The van der Waals surface area contributed by atoms with Gasteiger partial charge in [-0.3, -0.25) is 4.79 Å². The molecule has 5 heteroatoms. The van der Waals surface area contributed by atoms with Gasteiger partial charge in [-0.1, -0.05) is 17.7 Å². The van der Waals surface area contributed by atoms with Crippen LogP contribution in [0.25, 0.3) is 0 Å². The van der Waals surface area contributed by atoms with E-state index in [1.165, 1.54) is 22.3 Å². The Labute approximate surface area is 144 Å². The predicted octanol–water partition coefficient (Wildman–Crippen LogP) is 2.40. The summed E-state index contributed by atoms with van der Waals surface area (Å²) in [5.74, 6) is 0.830. The summed E-state index contributed by atoms with van der Waals surface area (Å²) < 4.78 is 23.3. The van der Waals surface area contributed by atoms with E-state index >= 15 is 0 Å². The highest BCUT2D eigenvalue weighted by molar-refractivity contribution is 7.91. The number of hydrogen-bond acceptors (Lipinski definition) is 3. The lowest BCUT2D eigenvalue weighted by molar-refractivity contribution is -0.134. The first-order chi connectivity index (χ1) is 11.3. The molecule has 1 atom stereocenters. The van der Waals surface area contributed by atoms with E-state index in [4.69, 9.17) is 0 Å². The quantitative estimate of drug-likeness (QED) is 0.784. The molecule has 1 saturated carbocycles. The molecule has 1 saturated heterocycles. The molecule has 4 rings (SSSR count). The van der Waals surface area contributed by atoms with Crippen LogP contribution in [0.2, 0.25) is 0 Å². The number of nitrogens with zero attached hydrogens (tertiary/aromatic N) is 1. The Morgan fingerprint density at radius 1 is 1.21 bits per heavy atom. The van der Waals surface area contributed by atoms with Crippen molar-refractivity contribution < 1.29 is 13.2 Å². The summed E-state index contributed by atoms with van der Waals surface area (Å²) >= 11 is 0. The highest BCUT2D eigenvalue weighted by Gasteiger charge is 2.60. The van der Waals surface area contributed by atoms with Gasteiger partial charge in [0.1, 0.15) is 9.84 Å². The molecule has 2 fully saturated rings. The molecule has 24 heavy (non-hydrogen) atoms. The monoisotopic (exact) mass is 347 g/mol. The molecule has 1 aliphatic carbocycles. The van der Waals surface area contributed by atoms with Crippen molar-refractivity contribution in [2.75, 3.05) is 18.1 Å². The van der Waals surface area contributed by atoms with E-state index in [-0.39, 0.29) is 28.7 Å². The molecule has 0 unspecified atom stereocenters. The summed E-state index contributed by atoms with van der Waals surface area (Å²) in [5.41, 5.74) is 5.24. The Balaban J connectivity index is 1.47. The van der Waals surface area contributed by atoms with Crippen molar-refractivity contribution >= 4 is 15.7 Å². The normalized spacial score (nSPS) is 26.9. The van der Waals surface area contributed by atoms with Crippen LogP contribution in [0, 0.1) is 25.2 Å². The van der Waals surface area contributed by atoms with E-state index in [2.05, 4.69) is 26.0 Å². The fourth-order valence-corrected chi connectivity index (χ4v) is 6.30. The van der Waals surface area contributed by atoms with Crippen LogP contribution in [0.15, 0.2) is 12.1 Å². The number of amides is 1. The summed E-state index contributed by atoms with van der Waals surface area (Å²) in [6.45, 7) is 5.76. The van der Waals surface area contributed by atoms with Crippen LogP contribution in [0.1, 0.15) is 41.5 Å². The molecule has 3 aliphatic rings. The van der Waals surface area contributed by atoms with Crippen LogP contribution >= 0.6 is 0 Å². The lowest BCUT2D eigenvalue weighted by atomic mass is 9.92. The minimum atomic E-state index is -2.86. The zero-order valence-electron chi connectivity index (χ0n) is 14.5. The number of rotatable bonds is 1. The number of carbonyl (C=O) groups is 1. The second-order valence-corrected chi connectivity index (χ2v) is 10.3. The van der Waals surface area contributed by atoms with Gasteiger partial charge in [-0.2, -0.15) is 0 Å². The number of carbonyl (C=O) groups excluding carboxylic acids is 1. The first-order valence-corrected chi connectivity index (χ1v) is 10.7. The first-order valence-electron chi connectivity index (χ1n) is 8.88. The second kappa shape index (κ2) is 5.32. The standard InChI is InChI=1S/C19H25NO3S/c1-13-9-14(2)16-12-20(6-3-15(16)10-13)18(21)17-11-19(17)4-7-24(22,23)8-5-19/h9-10,17H,3-8,11-12H2,1-2H3/t17-/m1/s1. The molecule has 130 valence electrons. The molecule has 0 bridgehead atoms. The van der Waals surface area contributed by atoms with Crippen LogP contribution in [-0.4, -0.2) is 37.3 Å². The molecule has 0 radical (unpaired) electrons. The van der Waals surface area contributed by atoms with Gasteiger partial charge >= 0.3 is 0 Å². The van der Waals surface area contributed by atoms with E-state index in [1.54, 1.807) is 0 Å². The van der Waals surface area contributed by atoms with Crippen LogP contribution in [0.4, 0.5) is 0 Å². The van der Waals surface area contributed by atoms with Crippen molar-refractivity contribution in [3.63, 3.8) is 0 Å². The number of benzene rings is 1. The highest BCUT2D eigenvalue weighted by atomic mass is 32.2. The third kappa shape index (κ3) is 2.67. The van der Waals surface area contributed by atoms with Crippen molar-refractivity contribution in [3.05, 3.63) is 34.4 Å². The molecule has 4 nitrogen and oxygen atoms in total. The van der Waals surface area contributed by atoms with E-state index < -0.39 is 9.84 Å². The molecule has 0 aromatic heterocycles. The fourth-order valence-electron chi connectivity index (χ4n) is 4.66. The largest absolute Gasteiger partial charge is 0.338 e. The lowest BCUT2D eigenvalue weighted by Gasteiger charge is -2.32. The van der Waals surface area contributed by atoms with Crippen molar-refractivity contribution in [1.29, 1.82) is 0 Å².